The van der Waals surface area contributed by atoms with Crippen LogP contribution in [0.4, 0.5) is 0 Å². The number of aliphatic carboxylic acids is 1. The van der Waals surface area contributed by atoms with Crippen molar-refractivity contribution in [3.8, 4) is 22.2 Å². The molecule has 226 valence electrons. The number of methoxy groups -OCH3 is 1. The summed E-state index contributed by atoms with van der Waals surface area (Å²) in [6.45, 7) is 2.54. The first-order valence-electron chi connectivity index (χ1n) is 14.7. The number of carboxylic acid groups (broad SMARTS) is 1. The standard InChI is InChI=1S/C32H36N4O6S/c1-18-25(41-3)10-9-21-26(16-24(34-27(18)21)29-33-11-13-43-29)42-20-14-22-23(15-20)30(38)36(2)12-7-5-4-6-8-19-17-32(19,31(39)40)35-28(22)37/h6,8-11,13,16,19-20,22-23H,4-5,7,12,14-15,17H2,1-3H3,(H,35,37)(H,39,40)/b8-6-/t19-,20-,22-,23-,32-/m1/s1. The van der Waals surface area contributed by atoms with Crippen molar-refractivity contribution in [3.63, 3.8) is 0 Å². The number of carbonyl (C=O) groups is 3. The van der Waals surface area contributed by atoms with Crippen molar-refractivity contribution < 1.29 is 29.0 Å². The van der Waals surface area contributed by atoms with Gasteiger partial charge in [-0.25, -0.2) is 14.8 Å². The van der Waals surface area contributed by atoms with E-state index in [0.29, 0.717) is 36.6 Å². The predicted octanol–water partition coefficient (Wildman–Crippen LogP) is 4.61. The van der Waals surface area contributed by atoms with Gasteiger partial charge in [0.05, 0.1) is 24.5 Å². The fourth-order valence-corrected chi connectivity index (χ4v) is 7.13. The molecule has 43 heavy (non-hydrogen) atoms. The monoisotopic (exact) mass is 604 g/mol. The fraction of sp³-hybridized carbons (Fsp3) is 0.469. The molecule has 3 aromatic rings. The average Bonchev–Trinajstić information content (AvgIpc) is 3.31. The van der Waals surface area contributed by atoms with Crippen LogP contribution in [0, 0.1) is 24.7 Å². The molecule has 2 aliphatic carbocycles. The van der Waals surface area contributed by atoms with Gasteiger partial charge in [0.2, 0.25) is 11.8 Å². The molecule has 0 saturated heterocycles. The minimum atomic E-state index is -1.32. The number of carbonyl (C=O) groups excluding carboxylic acids is 2. The number of aryl methyl sites for hydroxylation is 1. The molecule has 11 heteroatoms. The third-order valence-corrected chi connectivity index (χ3v) is 9.88. The lowest BCUT2D eigenvalue weighted by Gasteiger charge is -2.26. The largest absolute Gasteiger partial charge is 0.496 e. The van der Waals surface area contributed by atoms with Crippen molar-refractivity contribution in [2.75, 3.05) is 20.7 Å². The van der Waals surface area contributed by atoms with E-state index in [1.54, 1.807) is 25.3 Å². The quantitative estimate of drug-likeness (QED) is 0.404. The molecule has 1 aromatic carbocycles. The molecule has 2 amide bonds. The highest BCUT2D eigenvalue weighted by molar-refractivity contribution is 7.13. The number of rotatable bonds is 5. The zero-order chi connectivity index (χ0) is 30.3. The van der Waals surface area contributed by atoms with Gasteiger partial charge in [0.15, 0.2) is 0 Å². The van der Waals surface area contributed by atoms with Gasteiger partial charge < -0.3 is 24.8 Å². The van der Waals surface area contributed by atoms with Crippen molar-refractivity contribution in [1.82, 2.24) is 20.2 Å². The minimum absolute atomic E-state index is 0.112. The van der Waals surface area contributed by atoms with Gasteiger partial charge in [0, 0.05) is 48.1 Å². The fourth-order valence-electron chi connectivity index (χ4n) is 6.53. The first-order chi connectivity index (χ1) is 20.7. The lowest BCUT2D eigenvalue weighted by molar-refractivity contribution is -0.145. The van der Waals surface area contributed by atoms with Crippen LogP contribution in [0.25, 0.3) is 21.6 Å². The molecule has 1 aliphatic heterocycles. The van der Waals surface area contributed by atoms with E-state index in [1.165, 1.54) is 11.3 Å². The molecule has 10 nitrogen and oxygen atoms in total. The second kappa shape index (κ2) is 11.6. The number of fused-ring (bicyclic) bond motifs is 3. The molecule has 2 aromatic heterocycles. The van der Waals surface area contributed by atoms with Crippen LogP contribution in [0.3, 0.4) is 0 Å². The Balaban J connectivity index is 1.34. The molecular weight excluding hydrogens is 568 g/mol. The van der Waals surface area contributed by atoms with Crippen LogP contribution in [0.1, 0.15) is 44.1 Å². The zero-order valence-electron chi connectivity index (χ0n) is 24.5. The third-order valence-electron chi connectivity index (χ3n) is 9.09. The number of ether oxygens (including phenoxy) is 2. The highest BCUT2D eigenvalue weighted by atomic mass is 32.1. The van der Waals surface area contributed by atoms with E-state index in [4.69, 9.17) is 14.5 Å². The molecule has 2 N–H and O–H groups in total. The van der Waals surface area contributed by atoms with Crippen LogP contribution < -0.4 is 14.8 Å². The summed E-state index contributed by atoms with van der Waals surface area (Å²) in [5.41, 5.74) is 0.932. The van der Waals surface area contributed by atoms with Gasteiger partial charge in [0.25, 0.3) is 0 Å². The van der Waals surface area contributed by atoms with Crippen LogP contribution >= 0.6 is 11.3 Å². The Hall–Kier alpha value is -3.99. The van der Waals surface area contributed by atoms with Crippen molar-refractivity contribution in [1.29, 1.82) is 0 Å². The normalized spacial score (nSPS) is 28.4. The summed E-state index contributed by atoms with van der Waals surface area (Å²) in [5.74, 6) is -1.85. The van der Waals surface area contributed by atoms with E-state index in [0.717, 1.165) is 40.7 Å². The molecule has 5 atom stereocenters. The molecule has 3 heterocycles. The molecule has 2 saturated carbocycles. The van der Waals surface area contributed by atoms with E-state index >= 15 is 0 Å². The highest BCUT2D eigenvalue weighted by Gasteiger charge is 2.61. The van der Waals surface area contributed by atoms with Gasteiger partial charge >= 0.3 is 5.97 Å². The van der Waals surface area contributed by atoms with Gasteiger partial charge in [-0.1, -0.05) is 12.2 Å². The van der Waals surface area contributed by atoms with Crippen LogP contribution in [-0.2, 0) is 14.4 Å². The maximum atomic E-state index is 13.7. The number of thiazole rings is 1. The summed E-state index contributed by atoms with van der Waals surface area (Å²) in [4.78, 5) is 50.8. The van der Waals surface area contributed by atoms with Crippen LogP contribution in [-0.4, -0.2) is 70.1 Å². The van der Waals surface area contributed by atoms with Gasteiger partial charge in [-0.05, 0) is 57.6 Å². The number of nitrogens with zero attached hydrogens (tertiary/aromatic N) is 3. The Morgan fingerprint density at radius 3 is 2.74 bits per heavy atom. The molecular formula is C32H36N4O6S. The molecule has 0 bridgehead atoms. The number of aromatic nitrogens is 2. The molecule has 0 spiro atoms. The zero-order valence-corrected chi connectivity index (χ0v) is 25.4. The summed E-state index contributed by atoms with van der Waals surface area (Å²) in [6, 6.07) is 5.64. The Morgan fingerprint density at radius 1 is 1.19 bits per heavy atom. The summed E-state index contributed by atoms with van der Waals surface area (Å²) in [6.07, 6.45) is 8.70. The third kappa shape index (κ3) is 5.46. The highest BCUT2D eigenvalue weighted by Crippen LogP contribution is 2.47. The van der Waals surface area contributed by atoms with Crippen molar-refractivity contribution in [2.24, 2.45) is 17.8 Å². The second-order valence-corrected chi connectivity index (χ2v) is 12.7. The van der Waals surface area contributed by atoms with Gasteiger partial charge in [-0.15, -0.1) is 11.3 Å². The van der Waals surface area contributed by atoms with E-state index in [2.05, 4.69) is 10.3 Å². The van der Waals surface area contributed by atoms with E-state index in [-0.39, 0.29) is 18.2 Å². The Labute approximate surface area is 254 Å². The first-order valence-corrected chi connectivity index (χ1v) is 15.6. The van der Waals surface area contributed by atoms with E-state index < -0.39 is 35.4 Å². The minimum Gasteiger partial charge on any atom is -0.496 e. The Bertz CT molecular complexity index is 1590. The number of pyridine rings is 1. The lowest BCUT2D eigenvalue weighted by atomic mass is 9.93. The summed E-state index contributed by atoms with van der Waals surface area (Å²) >= 11 is 1.47. The summed E-state index contributed by atoms with van der Waals surface area (Å²) < 4.78 is 12.2. The van der Waals surface area contributed by atoms with Gasteiger partial charge in [0.1, 0.15) is 33.8 Å². The molecule has 0 unspecified atom stereocenters. The van der Waals surface area contributed by atoms with Gasteiger partial charge in [-0.3, -0.25) is 9.59 Å². The molecule has 2 fully saturated rings. The molecule has 6 rings (SSSR count). The number of hydrogen-bond acceptors (Lipinski definition) is 8. The van der Waals surface area contributed by atoms with Crippen LogP contribution in [0.2, 0.25) is 0 Å². The van der Waals surface area contributed by atoms with Crippen molar-refractivity contribution in [3.05, 3.63) is 47.5 Å². The summed E-state index contributed by atoms with van der Waals surface area (Å²) in [7, 11) is 3.39. The first kappa shape index (κ1) is 29.1. The lowest BCUT2D eigenvalue weighted by Crippen LogP contribution is -2.49. The number of hydrogen-bond donors (Lipinski definition) is 2. The second-order valence-electron chi connectivity index (χ2n) is 11.8. The number of benzene rings is 1. The van der Waals surface area contributed by atoms with Crippen molar-refractivity contribution >= 4 is 40.0 Å². The smallest absolute Gasteiger partial charge is 0.330 e. The van der Waals surface area contributed by atoms with Crippen LogP contribution in [0.15, 0.2) is 41.9 Å². The van der Waals surface area contributed by atoms with Crippen LogP contribution in [0.5, 0.6) is 11.5 Å². The number of nitrogens with one attached hydrogen (secondary N) is 1. The SMILES string of the molecule is COc1ccc2c(O[C@@H]3C[C@H]4C(=O)N[C@]5(C(=O)O)C[C@H]5/C=C\CCCCN(C)C(=O)[C@@H]4C3)cc(-c3nccs3)nc2c1C. The summed E-state index contributed by atoms with van der Waals surface area (Å²) in [5, 5.41) is 16.3. The van der Waals surface area contributed by atoms with E-state index in [9.17, 15) is 19.5 Å². The number of allylic oxidation sites excluding steroid dienone is 1. The van der Waals surface area contributed by atoms with E-state index in [1.807, 2.05) is 42.7 Å². The Kier molecular flexibility index (Phi) is 7.85. The Morgan fingerprint density at radius 2 is 2.00 bits per heavy atom. The maximum Gasteiger partial charge on any atom is 0.330 e. The average molecular weight is 605 g/mol. The molecule has 0 radical (unpaired) electrons. The van der Waals surface area contributed by atoms with Gasteiger partial charge in [-0.2, -0.15) is 0 Å². The predicted molar refractivity (Wildman–Crippen MR) is 162 cm³/mol. The maximum absolute atomic E-state index is 13.7. The number of amides is 2. The van der Waals surface area contributed by atoms with Crippen molar-refractivity contribution in [2.45, 2.75) is 57.1 Å². The number of carboxylic acids is 1. The molecule has 3 aliphatic rings. The topological polar surface area (TPSA) is 131 Å².